The Labute approximate surface area is 101 Å². The molecule has 1 aromatic carbocycles. The first-order valence-electron chi connectivity index (χ1n) is 5.46. The van der Waals surface area contributed by atoms with Crippen LogP contribution in [0.15, 0.2) is 30.3 Å². The fourth-order valence-corrected chi connectivity index (χ4v) is 1.42. The first kappa shape index (κ1) is 13.8. The molecule has 0 radical (unpaired) electrons. The zero-order valence-electron chi connectivity index (χ0n) is 10.2. The molecule has 94 valence electrons. The average molecular weight is 238 g/mol. The van der Waals surface area contributed by atoms with E-state index in [0.29, 0.717) is 13.0 Å². The van der Waals surface area contributed by atoms with E-state index in [-0.39, 0.29) is 0 Å². The van der Waals surface area contributed by atoms with E-state index >= 15 is 0 Å². The number of methoxy groups -OCH3 is 2. The summed E-state index contributed by atoms with van der Waals surface area (Å²) < 4.78 is 15.5. The Bertz CT molecular complexity index is 308. The van der Waals surface area contributed by atoms with Crippen LogP contribution in [0.25, 0.3) is 0 Å². The average Bonchev–Trinajstić information content (AvgIpc) is 2.40. The molecule has 4 heteroatoms. The third kappa shape index (κ3) is 5.08. The molecule has 0 aliphatic carbocycles. The highest BCUT2D eigenvalue weighted by Gasteiger charge is 2.15. The van der Waals surface area contributed by atoms with Crippen molar-refractivity contribution in [3.8, 4) is 0 Å². The second kappa shape index (κ2) is 7.95. The maximum absolute atomic E-state index is 10.9. The zero-order valence-corrected chi connectivity index (χ0v) is 10.2. The van der Waals surface area contributed by atoms with Gasteiger partial charge in [0, 0.05) is 20.6 Å². The highest BCUT2D eigenvalue weighted by Crippen LogP contribution is 2.08. The molecule has 0 aromatic heterocycles. The topological polar surface area (TPSA) is 44.8 Å². The van der Waals surface area contributed by atoms with Crippen LogP contribution in [0.1, 0.15) is 12.0 Å². The van der Waals surface area contributed by atoms with E-state index in [2.05, 4.69) is 0 Å². The van der Waals surface area contributed by atoms with E-state index in [9.17, 15) is 4.79 Å². The minimum Gasteiger partial charge on any atom is -0.366 e. The van der Waals surface area contributed by atoms with E-state index in [4.69, 9.17) is 14.2 Å². The van der Waals surface area contributed by atoms with Gasteiger partial charge in [0.25, 0.3) is 0 Å². The number of rotatable bonds is 8. The largest absolute Gasteiger partial charge is 0.366 e. The molecule has 0 amide bonds. The molecule has 1 rings (SSSR count). The highest BCUT2D eigenvalue weighted by atomic mass is 16.7. The zero-order chi connectivity index (χ0) is 12.5. The van der Waals surface area contributed by atoms with Crippen molar-refractivity contribution in [3.63, 3.8) is 0 Å². The van der Waals surface area contributed by atoms with Crippen molar-refractivity contribution in [2.75, 3.05) is 14.2 Å². The predicted octanol–water partition coefficient (Wildman–Crippen LogP) is 1.78. The Morgan fingerprint density at radius 3 is 2.35 bits per heavy atom. The number of hydrogen-bond acceptors (Lipinski definition) is 4. The molecule has 4 nitrogen and oxygen atoms in total. The van der Waals surface area contributed by atoms with E-state index < -0.39 is 12.4 Å². The lowest BCUT2D eigenvalue weighted by molar-refractivity contribution is -0.142. The lowest BCUT2D eigenvalue weighted by Gasteiger charge is -2.18. The number of benzene rings is 1. The van der Waals surface area contributed by atoms with Crippen LogP contribution in [0.2, 0.25) is 0 Å². The molecule has 0 saturated heterocycles. The van der Waals surface area contributed by atoms with Gasteiger partial charge in [0.2, 0.25) is 0 Å². The van der Waals surface area contributed by atoms with Crippen LogP contribution in [0.5, 0.6) is 0 Å². The summed E-state index contributed by atoms with van der Waals surface area (Å²) in [6, 6.07) is 9.70. The molecule has 1 aromatic rings. The summed E-state index contributed by atoms with van der Waals surface area (Å²) in [5, 5.41) is 0. The fraction of sp³-hybridized carbons (Fsp3) is 0.462. The summed E-state index contributed by atoms with van der Waals surface area (Å²) in [5.41, 5.74) is 1.03. The molecule has 0 aliphatic rings. The van der Waals surface area contributed by atoms with Gasteiger partial charge in [-0.1, -0.05) is 30.3 Å². The minimum absolute atomic E-state index is 0.392. The van der Waals surface area contributed by atoms with Crippen LogP contribution < -0.4 is 0 Å². The number of ether oxygens (including phenoxy) is 3. The second-order valence-corrected chi connectivity index (χ2v) is 3.61. The summed E-state index contributed by atoms with van der Waals surface area (Å²) in [4.78, 5) is 10.9. The molecule has 1 atom stereocenters. The Morgan fingerprint density at radius 2 is 1.82 bits per heavy atom. The molecule has 17 heavy (non-hydrogen) atoms. The van der Waals surface area contributed by atoms with Crippen molar-refractivity contribution >= 4 is 6.29 Å². The summed E-state index contributed by atoms with van der Waals surface area (Å²) in [6.45, 7) is 0.407. The van der Waals surface area contributed by atoms with Gasteiger partial charge in [-0.05, 0) is 5.56 Å². The predicted molar refractivity (Wildman–Crippen MR) is 63.5 cm³/mol. The lowest BCUT2D eigenvalue weighted by atomic mass is 10.2. The summed E-state index contributed by atoms with van der Waals surface area (Å²) >= 11 is 0. The quantitative estimate of drug-likeness (QED) is 0.511. The van der Waals surface area contributed by atoms with Gasteiger partial charge in [0.15, 0.2) is 6.29 Å². The van der Waals surface area contributed by atoms with Gasteiger partial charge >= 0.3 is 0 Å². The summed E-state index contributed by atoms with van der Waals surface area (Å²) in [7, 11) is 3.07. The van der Waals surface area contributed by atoms with Crippen LogP contribution >= 0.6 is 0 Å². The van der Waals surface area contributed by atoms with Gasteiger partial charge in [0.05, 0.1) is 6.61 Å². The van der Waals surface area contributed by atoms with Gasteiger partial charge in [0.1, 0.15) is 12.4 Å². The minimum atomic E-state index is -0.514. The monoisotopic (exact) mass is 238 g/mol. The van der Waals surface area contributed by atoms with E-state index in [1.807, 2.05) is 30.3 Å². The van der Waals surface area contributed by atoms with E-state index in [0.717, 1.165) is 11.8 Å². The van der Waals surface area contributed by atoms with Crippen molar-refractivity contribution < 1.29 is 19.0 Å². The molecule has 0 N–H and O–H groups in total. The Kier molecular flexibility index (Phi) is 6.47. The number of carbonyl (C=O) groups is 1. The molecule has 1 unspecified atom stereocenters. The number of carbonyl (C=O) groups excluding carboxylic acids is 1. The highest BCUT2D eigenvalue weighted by molar-refractivity contribution is 5.55. The van der Waals surface area contributed by atoms with Gasteiger partial charge in [-0.3, -0.25) is 0 Å². The molecule has 0 bridgehead atoms. The van der Waals surface area contributed by atoms with Crippen LogP contribution in [-0.2, 0) is 25.6 Å². The van der Waals surface area contributed by atoms with Gasteiger partial charge in [-0.15, -0.1) is 0 Å². The Morgan fingerprint density at radius 1 is 1.18 bits per heavy atom. The van der Waals surface area contributed by atoms with Crippen LogP contribution in [0.4, 0.5) is 0 Å². The summed E-state index contributed by atoms with van der Waals surface area (Å²) in [6.07, 6.45) is 0.234. The third-order valence-corrected chi connectivity index (χ3v) is 2.41. The van der Waals surface area contributed by atoms with Crippen LogP contribution in [0.3, 0.4) is 0 Å². The van der Waals surface area contributed by atoms with Crippen LogP contribution in [-0.4, -0.2) is 32.9 Å². The molecule has 0 fully saturated rings. The first-order valence-corrected chi connectivity index (χ1v) is 5.46. The lowest BCUT2D eigenvalue weighted by Crippen LogP contribution is -2.24. The van der Waals surface area contributed by atoms with Crippen molar-refractivity contribution in [2.45, 2.75) is 25.4 Å². The standard InChI is InChI=1S/C13H18O4/c1-15-13(16-2)8-12(9-14)17-10-11-6-4-3-5-7-11/h3-7,9,12-13H,8,10H2,1-2H3. The van der Waals surface area contributed by atoms with Crippen LogP contribution in [0, 0.1) is 0 Å². The van der Waals surface area contributed by atoms with Gasteiger partial charge in [-0.25, -0.2) is 0 Å². The molecule has 0 aliphatic heterocycles. The van der Waals surface area contributed by atoms with Crippen molar-refractivity contribution in [1.29, 1.82) is 0 Å². The molecule has 0 saturated carbocycles. The molecule has 0 spiro atoms. The van der Waals surface area contributed by atoms with E-state index in [1.54, 1.807) is 0 Å². The molecule has 0 heterocycles. The van der Waals surface area contributed by atoms with E-state index in [1.165, 1.54) is 14.2 Å². The molecular weight excluding hydrogens is 220 g/mol. The van der Waals surface area contributed by atoms with Crippen molar-refractivity contribution in [3.05, 3.63) is 35.9 Å². The maximum Gasteiger partial charge on any atom is 0.159 e. The first-order chi connectivity index (χ1) is 8.30. The normalized spacial score (nSPS) is 12.6. The number of hydrogen-bond donors (Lipinski definition) is 0. The van der Waals surface area contributed by atoms with Gasteiger partial charge in [-0.2, -0.15) is 0 Å². The fourth-order valence-electron chi connectivity index (χ4n) is 1.42. The SMILES string of the molecule is COC(CC(C=O)OCc1ccccc1)OC. The van der Waals surface area contributed by atoms with Gasteiger partial charge < -0.3 is 19.0 Å². The molecular formula is C13H18O4. The smallest absolute Gasteiger partial charge is 0.159 e. The van der Waals surface area contributed by atoms with Crippen molar-refractivity contribution in [2.24, 2.45) is 0 Å². The number of aldehydes is 1. The summed E-state index contributed by atoms with van der Waals surface area (Å²) in [5.74, 6) is 0. The Hall–Kier alpha value is -1.23. The second-order valence-electron chi connectivity index (χ2n) is 3.61. The Balaban J connectivity index is 2.39. The third-order valence-electron chi connectivity index (χ3n) is 2.41. The maximum atomic E-state index is 10.9. The van der Waals surface area contributed by atoms with Crippen molar-refractivity contribution in [1.82, 2.24) is 0 Å².